The zero-order valence-corrected chi connectivity index (χ0v) is 11.3. The van der Waals surface area contributed by atoms with Crippen molar-refractivity contribution >= 4 is 5.91 Å². The standard InChI is InChI=1S/C14H22N2O/c1-9-6-10(2)12(11(3)7-9)8-16-13(17)14(4,5)15/h6-7H,8,15H2,1-5H3,(H,16,17). The van der Waals surface area contributed by atoms with Crippen LogP contribution in [0.4, 0.5) is 0 Å². The summed E-state index contributed by atoms with van der Waals surface area (Å²) in [6, 6.07) is 4.25. The molecule has 0 spiro atoms. The Bertz CT molecular complexity index is 407. The highest BCUT2D eigenvalue weighted by atomic mass is 16.2. The third-order valence-electron chi connectivity index (χ3n) is 2.85. The highest BCUT2D eigenvalue weighted by molar-refractivity contribution is 5.85. The zero-order chi connectivity index (χ0) is 13.2. The molecule has 94 valence electrons. The summed E-state index contributed by atoms with van der Waals surface area (Å²) in [5, 5.41) is 2.88. The summed E-state index contributed by atoms with van der Waals surface area (Å²) in [4.78, 5) is 11.7. The molecule has 17 heavy (non-hydrogen) atoms. The van der Waals surface area contributed by atoms with Gasteiger partial charge in [-0.1, -0.05) is 17.7 Å². The average molecular weight is 234 g/mol. The highest BCUT2D eigenvalue weighted by Crippen LogP contribution is 2.16. The monoisotopic (exact) mass is 234 g/mol. The Hall–Kier alpha value is -1.35. The van der Waals surface area contributed by atoms with Gasteiger partial charge in [-0.3, -0.25) is 4.79 Å². The number of benzene rings is 1. The van der Waals surface area contributed by atoms with E-state index in [1.165, 1.54) is 22.3 Å². The number of amides is 1. The summed E-state index contributed by atoms with van der Waals surface area (Å²) < 4.78 is 0. The normalized spacial score (nSPS) is 11.4. The van der Waals surface area contributed by atoms with E-state index >= 15 is 0 Å². The molecular formula is C14H22N2O. The molecular weight excluding hydrogens is 212 g/mol. The van der Waals surface area contributed by atoms with Gasteiger partial charge in [0, 0.05) is 6.54 Å². The number of nitrogens with two attached hydrogens (primary N) is 1. The molecule has 0 aliphatic rings. The zero-order valence-electron chi connectivity index (χ0n) is 11.3. The van der Waals surface area contributed by atoms with Crippen LogP contribution >= 0.6 is 0 Å². The molecule has 0 unspecified atom stereocenters. The van der Waals surface area contributed by atoms with Gasteiger partial charge in [0.05, 0.1) is 5.54 Å². The summed E-state index contributed by atoms with van der Waals surface area (Å²) >= 11 is 0. The number of hydrogen-bond donors (Lipinski definition) is 2. The van der Waals surface area contributed by atoms with Gasteiger partial charge in [0.25, 0.3) is 0 Å². The molecule has 0 aliphatic carbocycles. The molecule has 0 fully saturated rings. The number of carbonyl (C=O) groups is 1. The number of rotatable bonds is 3. The summed E-state index contributed by atoms with van der Waals surface area (Å²) in [6.07, 6.45) is 0. The second-order valence-electron chi connectivity index (χ2n) is 5.28. The Balaban J connectivity index is 2.80. The first-order valence-electron chi connectivity index (χ1n) is 5.85. The number of nitrogens with one attached hydrogen (secondary N) is 1. The van der Waals surface area contributed by atoms with Crippen molar-refractivity contribution in [3.8, 4) is 0 Å². The molecule has 0 saturated heterocycles. The second kappa shape index (κ2) is 4.88. The van der Waals surface area contributed by atoms with Crippen LogP contribution < -0.4 is 11.1 Å². The SMILES string of the molecule is Cc1cc(C)c(CNC(=O)C(C)(C)N)c(C)c1. The van der Waals surface area contributed by atoms with Crippen molar-refractivity contribution in [2.45, 2.75) is 46.7 Å². The summed E-state index contributed by atoms with van der Waals surface area (Å²) in [5.41, 5.74) is 9.74. The summed E-state index contributed by atoms with van der Waals surface area (Å²) in [5.74, 6) is -0.128. The predicted octanol–water partition coefficient (Wildman–Crippen LogP) is 1.97. The van der Waals surface area contributed by atoms with Gasteiger partial charge in [-0.15, -0.1) is 0 Å². The molecule has 3 N–H and O–H groups in total. The van der Waals surface area contributed by atoms with Crippen molar-refractivity contribution in [2.75, 3.05) is 0 Å². The van der Waals surface area contributed by atoms with E-state index in [1.807, 2.05) is 0 Å². The number of carbonyl (C=O) groups excluding carboxylic acids is 1. The minimum absolute atomic E-state index is 0.128. The molecule has 1 aromatic carbocycles. The lowest BCUT2D eigenvalue weighted by molar-refractivity contribution is -0.125. The fraction of sp³-hybridized carbons (Fsp3) is 0.500. The topological polar surface area (TPSA) is 55.1 Å². The molecule has 0 saturated carbocycles. The van der Waals surface area contributed by atoms with Gasteiger partial charge in [0.2, 0.25) is 5.91 Å². The van der Waals surface area contributed by atoms with Gasteiger partial charge in [0.15, 0.2) is 0 Å². The molecule has 1 amide bonds. The van der Waals surface area contributed by atoms with Crippen LogP contribution in [-0.4, -0.2) is 11.4 Å². The molecule has 1 rings (SSSR count). The predicted molar refractivity (Wildman–Crippen MR) is 70.8 cm³/mol. The molecule has 0 bridgehead atoms. The molecule has 0 aliphatic heterocycles. The van der Waals surface area contributed by atoms with Crippen LogP contribution in [0.15, 0.2) is 12.1 Å². The van der Waals surface area contributed by atoms with Crippen molar-refractivity contribution in [1.29, 1.82) is 0 Å². The summed E-state index contributed by atoms with van der Waals surface area (Å²) in [7, 11) is 0. The van der Waals surface area contributed by atoms with E-state index in [9.17, 15) is 4.79 Å². The van der Waals surface area contributed by atoms with Gasteiger partial charge < -0.3 is 11.1 Å². The first kappa shape index (κ1) is 13.7. The second-order valence-corrected chi connectivity index (χ2v) is 5.28. The first-order valence-corrected chi connectivity index (χ1v) is 5.85. The maximum absolute atomic E-state index is 11.7. The Morgan fingerprint density at radius 1 is 1.24 bits per heavy atom. The van der Waals surface area contributed by atoms with Crippen LogP contribution in [0, 0.1) is 20.8 Å². The van der Waals surface area contributed by atoms with E-state index in [-0.39, 0.29) is 5.91 Å². The van der Waals surface area contributed by atoms with E-state index in [4.69, 9.17) is 5.73 Å². The lowest BCUT2D eigenvalue weighted by atomic mass is 9.99. The van der Waals surface area contributed by atoms with Crippen LogP contribution in [0.25, 0.3) is 0 Å². The maximum atomic E-state index is 11.7. The Labute approximate surface area is 103 Å². The van der Waals surface area contributed by atoms with E-state index < -0.39 is 5.54 Å². The van der Waals surface area contributed by atoms with Crippen LogP contribution in [0.1, 0.15) is 36.1 Å². The number of aryl methyl sites for hydroxylation is 3. The smallest absolute Gasteiger partial charge is 0.239 e. The molecule has 3 nitrogen and oxygen atoms in total. The quantitative estimate of drug-likeness (QED) is 0.840. The van der Waals surface area contributed by atoms with Crippen molar-refractivity contribution in [3.05, 3.63) is 34.4 Å². The van der Waals surface area contributed by atoms with E-state index in [2.05, 4.69) is 38.2 Å². The molecule has 1 aromatic rings. The molecule has 0 heterocycles. The van der Waals surface area contributed by atoms with Gasteiger partial charge >= 0.3 is 0 Å². The Kier molecular flexibility index (Phi) is 3.94. The minimum Gasteiger partial charge on any atom is -0.350 e. The Morgan fingerprint density at radius 2 is 1.71 bits per heavy atom. The minimum atomic E-state index is -0.827. The van der Waals surface area contributed by atoms with Crippen molar-refractivity contribution in [1.82, 2.24) is 5.32 Å². The molecule has 0 aromatic heterocycles. The van der Waals surface area contributed by atoms with Gasteiger partial charge in [-0.05, 0) is 51.3 Å². The highest BCUT2D eigenvalue weighted by Gasteiger charge is 2.21. The van der Waals surface area contributed by atoms with Crippen molar-refractivity contribution in [3.63, 3.8) is 0 Å². The maximum Gasteiger partial charge on any atom is 0.239 e. The van der Waals surface area contributed by atoms with Crippen LogP contribution in [0.3, 0.4) is 0 Å². The fourth-order valence-corrected chi connectivity index (χ4v) is 1.89. The van der Waals surface area contributed by atoms with Gasteiger partial charge in [-0.2, -0.15) is 0 Å². The van der Waals surface area contributed by atoms with Crippen molar-refractivity contribution in [2.24, 2.45) is 5.73 Å². The third kappa shape index (κ3) is 3.56. The summed E-state index contributed by atoms with van der Waals surface area (Å²) in [6.45, 7) is 10.2. The van der Waals surface area contributed by atoms with Crippen LogP contribution in [0.5, 0.6) is 0 Å². The number of hydrogen-bond acceptors (Lipinski definition) is 2. The molecule has 0 atom stereocenters. The van der Waals surface area contributed by atoms with Gasteiger partial charge in [-0.25, -0.2) is 0 Å². The largest absolute Gasteiger partial charge is 0.350 e. The third-order valence-corrected chi connectivity index (χ3v) is 2.85. The van der Waals surface area contributed by atoms with E-state index in [1.54, 1.807) is 13.8 Å². The first-order chi connectivity index (χ1) is 7.71. The lowest BCUT2D eigenvalue weighted by Crippen LogP contribution is -2.48. The van der Waals surface area contributed by atoms with E-state index in [0.29, 0.717) is 6.54 Å². The van der Waals surface area contributed by atoms with Crippen molar-refractivity contribution < 1.29 is 4.79 Å². The van der Waals surface area contributed by atoms with E-state index in [0.717, 1.165) is 0 Å². The Morgan fingerprint density at radius 3 is 2.12 bits per heavy atom. The molecule has 3 heteroatoms. The van der Waals surface area contributed by atoms with Crippen LogP contribution in [-0.2, 0) is 11.3 Å². The van der Waals surface area contributed by atoms with Crippen LogP contribution in [0.2, 0.25) is 0 Å². The van der Waals surface area contributed by atoms with Gasteiger partial charge in [0.1, 0.15) is 0 Å². The fourth-order valence-electron chi connectivity index (χ4n) is 1.89. The average Bonchev–Trinajstić information content (AvgIpc) is 2.13. The molecule has 0 radical (unpaired) electrons. The lowest BCUT2D eigenvalue weighted by Gasteiger charge is -2.19.